The molecule has 2 aromatic rings. The lowest BCUT2D eigenvalue weighted by atomic mass is 10.1. The van der Waals surface area contributed by atoms with Crippen molar-refractivity contribution in [3.63, 3.8) is 0 Å². The average Bonchev–Trinajstić information content (AvgIpc) is 2.73. The molecule has 0 saturated carbocycles. The van der Waals surface area contributed by atoms with E-state index in [1.165, 1.54) is 4.88 Å². The summed E-state index contributed by atoms with van der Waals surface area (Å²) >= 11 is 11.0. The van der Waals surface area contributed by atoms with Gasteiger partial charge < -0.3 is 4.74 Å². The van der Waals surface area contributed by atoms with Crippen molar-refractivity contribution in [2.45, 2.75) is 26.3 Å². The molecular formula is C14H14BrClOS. The Morgan fingerprint density at radius 2 is 1.89 bits per heavy atom. The van der Waals surface area contributed by atoms with E-state index >= 15 is 0 Å². The van der Waals surface area contributed by atoms with Crippen LogP contribution in [-0.2, 0) is 12.5 Å². The second-order valence-corrected chi connectivity index (χ2v) is 7.00. The second kappa shape index (κ2) is 6.09. The van der Waals surface area contributed by atoms with E-state index < -0.39 is 0 Å². The van der Waals surface area contributed by atoms with Gasteiger partial charge in [0.25, 0.3) is 0 Å². The first kappa shape index (κ1) is 13.9. The minimum absolute atomic E-state index is 0.541. The third-order valence-electron chi connectivity index (χ3n) is 2.66. The molecule has 0 saturated heterocycles. The number of benzene rings is 1. The van der Waals surface area contributed by atoms with Crippen molar-refractivity contribution < 1.29 is 4.74 Å². The van der Waals surface area contributed by atoms with Crippen LogP contribution in [-0.4, -0.2) is 0 Å². The molecule has 18 heavy (non-hydrogen) atoms. The smallest absolute Gasteiger partial charge is 0.125 e. The quantitative estimate of drug-likeness (QED) is 0.670. The molecule has 96 valence electrons. The van der Waals surface area contributed by atoms with Gasteiger partial charge in [0, 0.05) is 10.8 Å². The molecule has 0 atom stereocenters. The van der Waals surface area contributed by atoms with E-state index in [0.717, 1.165) is 26.2 Å². The average molecular weight is 346 g/mol. The minimum atomic E-state index is 0.541. The number of hydrogen-bond acceptors (Lipinski definition) is 2. The summed E-state index contributed by atoms with van der Waals surface area (Å²) in [5, 5.41) is 0. The topological polar surface area (TPSA) is 9.23 Å². The number of hydrogen-bond donors (Lipinski definition) is 0. The zero-order valence-corrected chi connectivity index (χ0v) is 13.5. The maximum absolute atomic E-state index is 5.91. The van der Waals surface area contributed by atoms with Gasteiger partial charge in [-0.15, -0.1) is 22.9 Å². The fraction of sp³-hybridized carbons (Fsp3) is 0.286. The first-order valence-corrected chi connectivity index (χ1v) is 7.77. The lowest BCUT2D eigenvalue weighted by Crippen LogP contribution is -1.98. The molecule has 0 aliphatic heterocycles. The number of halogens is 2. The Morgan fingerprint density at radius 1 is 1.22 bits per heavy atom. The molecule has 0 spiro atoms. The summed E-state index contributed by atoms with van der Waals surface area (Å²) in [4.78, 5) is 1.21. The first-order valence-electron chi connectivity index (χ1n) is 5.63. The van der Waals surface area contributed by atoms with E-state index in [9.17, 15) is 0 Å². The Bertz CT molecular complexity index is 527. The van der Waals surface area contributed by atoms with Gasteiger partial charge in [-0.1, -0.05) is 12.1 Å². The Hall–Kier alpha value is -0.510. The van der Waals surface area contributed by atoms with Crippen LogP contribution in [0.25, 0.3) is 0 Å². The molecule has 0 radical (unpaired) electrons. The minimum Gasteiger partial charge on any atom is -0.488 e. The highest BCUT2D eigenvalue weighted by Crippen LogP contribution is 2.28. The summed E-state index contributed by atoms with van der Waals surface area (Å²) in [6, 6.07) is 8.28. The molecule has 1 heterocycles. The number of alkyl halides is 1. The molecule has 1 aromatic carbocycles. The van der Waals surface area contributed by atoms with Gasteiger partial charge in [-0.25, -0.2) is 0 Å². The summed E-state index contributed by atoms with van der Waals surface area (Å²) in [6.45, 7) is 4.73. The van der Waals surface area contributed by atoms with Crippen LogP contribution >= 0.6 is 38.9 Å². The molecule has 0 unspecified atom stereocenters. The Labute approximate surface area is 125 Å². The Morgan fingerprint density at radius 3 is 2.39 bits per heavy atom. The summed E-state index contributed by atoms with van der Waals surface area (Å²) in [5.74, 6) is 1.51. The molecule has 1 aromatic heterocycles. The van der Waals surface area contributed by atoms with Gasteiger partial charge >= 0.3 is 0 Å². The molecule has 0 N–H and O–H groups in total. The predicted molar refractivity (Wildman–Crippen MR) is 81.8 cm³/mol. The molecule has 0 aliphatic carbocycles. The third-order valence-corrected chi connectivity index (χ3v) is 4.57. The van der Waals surface area contributed by atoms with E-state index in [4.69, 9.17) is 16.3 Å². The molecule has 1 nitrogen and oxygen atoms in total. The summed E-state index contributed by atoms with van der Waals surface area (Å²) < 4.78 is 7.04. The molecule has 0 amide bonds. The zero-order chi connectivity index (χ0) is 13.1. The summed E-state index contributed by atoms with van der Waals surface area (Å²) in [7, 11) is 0. The summed E-state index contributed by atoms with van der Waals surface area (Å²) in [6.07, 6.45) is 0. The lowest BCUT2D eigenvalue weighted by molar-refractivity contribution is 0.305. The van der Waals surface area contributed by atoms with Crippen molar-refractivity contribution in [3.8, 4) is 5.75 Å². The molecule has 0 aliphatic rings. The SMILES string of the molecule is Cc1cc(CCl)cc(C)c1OCc1ccc(Br)s1. The Kier molecular flexibility index (Phi) is 4.71. The number of thiophene rings is 1. The normalized spacial score (nSPS) is 10.7. The van der Waals surface area contributed by atoms with Gasteiger partial charge in [-0.05, 0) is 58.6 Å². The van der Waals surface area contributed by atoms with Gasteiger partial charge in [-0.3, -0.25) is 0 Å². The van der Waals surface area contributed by atoms with Crippen molar-refractivity contribution in [2.24, 2.45) is 0 Å². The molecule has 0 bridgehead atoms. The number of rotatable bonds is 4. The predicted octanol–water partition coefficient (Wildman–Crippen LogP) is 5.45. The fourth-order valence-corrected chi connectivity index (χ4v) is 3.47. The van der Waals surface area contributed by atoms with Crippen LogP contribution in [0.15, 0.2) is 28.1 Å². The fourth-order valence-electron chi connectivity index (χ4n) is 1.92. The molecule has 4 heteroatoms. The van der Waals surface area contributed by atoms with Gasteiger partial charge in [0.05, 0.1) is 3.79 Å². The molecular weight excluding hydrogens is 332 g/mol. The monoisotopic (exact) mass is 344 g/mol. The van der Waals surface area contributed by atoms with E-state index in [-0.39, 0.29) is 0 Å². The standard InChI is InChI=1S/C14H14BrClOS/c1-9-5-11(7-16)6-10(2)14(9)17-8-12-3-4-13(15)18-12/h3-6H,7-8H2,1-2H3. The Balaban J connectivity index is 2.14. The highest BCUT2D eigenvalue weighted by atomic mass is 79.9. The van der Waals surface area contributed by atoms with E-state index in [1.807, 2.05) is 6.07 Å². The molecule has 2 rings (SSSR count). The third kappa shape index (κ3) is 3.28. The van der Waals surface area contributed by atoms with Crippen LogP contribution in [0.5, 0.6) is 5.75 Å². The van der Waals surface area contributed by atoms with Crippen molar-refractivity contribution in [2.75, 3.05) is 0 Å². The highest BCUT2D eigenvalue weighted by Gasteiger charge is 2.07. The van der Waals surface area contributed by atoms with Crippen molar-refractivity contribution in [1.82, 2.24) is 0 Å². The van der Waals surface area contributed by atoms with Crippen molar-refractivity contribution in [3.05, 3.63) is 49.6 Å². The van der Waals surface area contributed by atoms with Crippen LogP contribution in [0.4, 0.5) is 0 Å². The van der Waals surface area contributed by atoms with Gasteiger partial charge in [0.15, 0.2) is 0 Å². The largest absolute Gasteiger partial charge is 0.488 e. The first-order chi connectivity index (χ1) is 8.60. The number of ether oxygens (including phenoxy) is 1. The molecule has 0 fully saturated rings. The second-order valence-electron chi connectivity index (χ2n) is 4.19. The van der Waals surface area contributed by atoms with Gasteiger partial charge in [-0.2, -0.15) is 0 Å². The summed E-state index contributed by atoms with van der Waals surface area (Å²) in [5.41, 5.74) is 3.42. The van der Waals surface area contributed by atoms with Crippen LogP contribution in [0.2, 0.25) is 0 Å². The van der Waals surface area contributed by atoms with E-state index in [0.29, 0.717) is 12.5 Å². The lowest BCUT2D eigenvalue weighted by Gasteiger charge is -2.12. The number of aryl methyl sites for hydroxylation is 2. The van der Waals surface area contributed by atoms with Crippen LogP contribution in [0.1, 0.15) is 21.6 Å². The van der Waals surface area contributed by atoms with Crippen LogP contribution in [0, 0.1) is 13.8 Å². The van der Waals surface area contributed by atoms with E-state index in [2.05, 4.69) is 48.0 Å². The van der Waals surface area contributed by atoms with Gasteiger partial charge in [0.2, 0.25) is 0 Å². The maximum atomic E-state index is 5.91. The van der Waals surface area contributed by atoms with Crippen molar-refractivity contribution in [1.29, 1.82) is 0 Å². The zero-order valence-electron chi connectivity index (χ0n) is 10.3. The van der Waals surface area contributed by atoms with Gasteiger partial charge in [0.1, 0.15) is 12.4 Å². The van der Waals surface area contributed by atoms with Crippen LogP contribution < -0.4 is 4.74 Å². The van der Waals surface area contributed by atoms with E-state index in [1.54, 1.807) is 11.3 Å². The van der Waals surface area contributed by atoms with Crippen LogP contribution in [0.3, 0.4) is 0 Å². The maximum Gasteiger partial charge on any atom is 0.125 e. The van der Waals surface area contributed by atoms with Crippen molar-refractivity contribution >= 4 is 38.9 Å². The highest BCUT2D eigenvalue weighted by molar-refractivity contribution is 9.11.